The molecular weight excluding hydrogens is 190 g/mol. The van der Waals surface area contributed by atoms with Crippen LogP contribution in [-0.2, 0) is 4.79 Å². The van der Waals surface area contributed by atoms with E-state index in [1.165, 1.54) is 12.8 Å². The highest BCUT2D eigenvalue weighted by Crippen LogP contribution is 2.39. The van der Waals surface area contributed by atoms with E-state index >= 15 is 0 Å². The third-order valence-corrected chi connectivity index (χ3v) is 2.13. The Hall–Kier alpha value is -1.22. The monoisotopic (exact) mass is 209 g/mol. The maximum atomic E-state index is 10.4. The zero-order chi connectivity index (χ0) is 11.7. The van der Waals surface area contributed by atoms with Gasteiger partial charge < -0.3 is 9.90 Å². The summed E-state index contributed by atoms with van der Waals surface area (Å²) in [4.78, 5) is 14.4. The summed E-state index contributed by atoms with van der Waals surface area (Å²) in [5.41, 5.74) is 2.04. The minimum absolute atomic E-state index is 0.454. The highest BCUT2D eigenvalue weighted by atomic mass is 16.2. The molecule has 1 N–H and O–H groups in total. The standard InChI is InChI=1S/C11H15NO.CH4O/c1-3-4-9(7-8-13)11(12-2)10-5-6-10;1-2/h3-4,8,10H,2,5-7H2,1H3;2H,1H3/b4-3-,11-9+;. The normalized spacial score (nSPS) is 16.5. The summed E-state index contributed by atoms with van der Waals surface area (Å²) in [6.45, 7) is 5.49. The van der Waals surface area contributed by atoms with Crippen LogP contribution in [0.3, 0.4) is 0 Å². The Kier molecular flexibility index (Phi) is 7.46. The smallest absolute Gasteiger partial charge is 0.124 e. The average molecular weight is 209 g/mol. The Bertz CT molecular complexity index is 263. The highest BCUT2D eigenvalue weighted by molar-refractivity contribution is 5.57. The van der Waals surface area contributed by atoms with Gasteiger partial charge in [0.05, 0.1) is 0 Å². The van der Waals surface area contributed by atoms with Crippen molar-refractivity contribution in [1.29, 1.82) is 0 Å². The van der Waals surface area contributed by atoms with Crippen LogP contribution in [0.2, 0.25) is 0 Å². The molecule has 0 spiro atoms. The molecule has 1 saturated carbocycles. The molecule has 1 fully saturated rings. The van der Waals surface area contributed by atoms with Crippen molar-refractivity contribution in [2.45, 2.75) is 26.2 Å². The maximum Gasteiger partial charge on any atom is 0.124 e. The van der Waals surface area contributed by atoms with Gasteiger partial charge in [0.25, 0.3) is 0 Å². The molecule has 0 atom stereocenters. The summed E-state index contributed by atoms with van der Waals surface area (Å²) < 4.78 is 0. The van der Waals surface area contributed by atoms with E-state index in [0.29, 0.717) is 12.3 Å². The lowest BCUT2D eigenvalue weighted by atomic mass is 10.1. The zero-order valence-corrected chi connectivity index (χ0v) is 9.44. The quantitative estimate of drug-likeness (QED) is 0.428. The molecule has 0 unspecified atom stereocenters. The summed E-state index contributed by atoms with van der Waals surface area (Å²) in [6.07, 6.45) is 7.64. The molecule has 0 aliphatic heterocycles. The molecular formula is C12H19NO2. The Morgan fingerprint density at radius 3 is 2.47 bits per heavy atom. The van der Waals surface area contributed by atoms with E-state index in [1.54, 1.807) is 0 Å². The van der Waals surface area contributed by atoms with Crippen LogP contribution in [0, 0.1) is 5.92 Å². The van der Waals surface area contributed by atoms with E-state index < -0.39 is 0 Å². The lowest BCUT2D eigenvalue weighted by Crippen LogP contribution is -1.90. The first-order valence-corrected chi connectivity index (χ1v) is 5.04. The lowest BCUT2D eigenvalue weighted by Gasteiger charge is -2.03. The highest BCUT2D eigenvalue weighted by Gasteiger charge is 2.27. The minimum Gasteiger partial charge on any atom is -0.400 e. The van der Waals surface area contributed by atoms with E-state index in [2.05, 4.69) is 11.7 Å². The first kappa shape index (κ1) is 13.8. The van der Waals surface area contributed by atoms with Gasteiger partial charge in [0.1, 0.15) is 6.29 Å². The summed E-state index contributed by atoms with van der Waals surface area (Å²) in [5, 5.41) is 7.00. The number of nitrogens with zero attached hydrogens (tertiary/aromatic N) is 1. The number of hydrogen-bond donors (Lipinski definition) is 1. The van der Waals surface area contributed by atoms with Crippen molar-refractivity contribution in [3.05, 3.63) is 23.4 Å². The van der Waals surface area contributed by atoms with Crippen molar-refractivity contribution < 1.29 is 9.90 Å². The second-order valence-electron chi connectivity index (χ2n) is 3.21. The Morgan fingerprint density at radius 2 is 2.13 bits per heavy atom. The minimum atomic E-state index is 0.454. The van der Waals surface area contributed by atoms with Crippen molar-refractivity contribution in [2.24, 2.45) is 10.9 Å². The molecule has 0 radical (unpaired) electrons. The molecule has 3 heteroatoms. The van der Waals surface area contributed by atoms with Crippen molar-refractivity contribution in [2.75, 3.05) is 7.11 Å². The number of aliphatic hydroxyl groups excluding tert-OH is 1. The van der Waals surface area contributed by atoms with E-state index in [-0.39, 0.29) is 0 Å². The van der Waals surface area contributed by atoms with E-state index in [1.807, 2.05) is 19.1 Å². The van der Waals surface area contributed by atoms with E-state index in [9.17, 15) is 4.79 Å². The average Bonchev–Trinajstić information content (AvgIpc) is 3.07. The number of aliphatic imine (C=N–C) groups is 1. The molecule has 84 valence electrons. The number of allylic oxidation sites excluding steroid dienone is 4. The fraction of sp³-hybridized carbons (Fsp3) is 0.500. The number of carbonyl (C=O) groups is 1. The van der Waals surface area contributed by atoms with Gasteiger partial charge in [-0.25, -0.2) is 0 Å². The van der Waals surface area contributed by atoms with Crippen LogP contribution in [0.4, 0.5) is 0 Å². The fourth-order valence-corrected chi connectivity index (χ4v) is 1.40. The van der Waals surface area contributed by atoms with Crippen molar-refractivity contribution >= 4 is 13.0 Å². The largest absolute Gasteiger partial charge is 0.400 e. The number of hydrogen-bond acceptors (Lipinski definition) is 3. The van der Waals surface area contributed by atoms with E-state index in [0.717, 1.165) is 24.7 Å². The van der Waals surface area contributed by atoms with Gasteiger partial charge in [-0.3, -0.25) is 4.99 Å². The van der Waals surface area contributed by atoms with Crippen molar-refractivity contribution in [1.82, 2.24) is 0 Å². The number of rotatable bonds is 5. The number of aliphatic hydroxyl groups is 1. The van der Waals surface area contributed by atoms with Crippen LogP contribution in [0.25, 0.3) is 0 Å². The van der Waals surface area contributed by atoms with Gasteiger partial charge >= 0.3 is 0 Å². The van der Waals surface area contributed by atoms with Gasteiger partial charge in [0.15, 0.2) is 0 Å². The summed E-state index contributed by atoms with van der Waals surface area (Å²) >= 11 is 0. The second-order valence-corrected chi connectivity index (χ2v) is 3.21. The van der Waals surface area contributed by atoms with Crippen LogP contribution in [0.5, 0.6) is 0 Å². The molecule has 0 aromatic carbocycles. The molecule has 0 aromatic heterocycles. The van der Waals surface area contributed by atoms with Gasteiger partial charge in [-0.05, 0) is 32.1 Å². The topological polar surface area (TPSA) is 49.7 Å². The molecule has 0 bridgehead atoms. The first-order chi connectivity index (χ1) is 7.33. The summed E-state index contributed by atoms with van der Waals surface area (Å²) in [7, 11) is 1.00. The van der Waals surface area contributed by atoms with Crippen LogP contribution in [0.1, 0.15) is 26.2 Å². The Balaban J connectivity index is 0.000000921. The Labute approximate surface area is 91.2 Å². The summed E-state index contributed by atoms with van der Waals surface area (Å²) in [5.74, 6) is 0.559. The van der Waals surface area contributed by atoms with Gasteiger partial charge in [0, 0.05) is 25.1 Å². The van der Waals surface area contributed by atoms with Crippen LogP contribution < -0.4 is 0 Å². The van der Waals surface area contributed by atoms with Gasteiger partial charge in [-0.2, -0.15) is 0 Å². The molecule has 1 aliphatic rings. The molecule has 1 aliphatic carbocycles. The van der Waals surface area contributed by atoms with Gasteiger partial charge in [-0.15, -0.1) is 0 Å². The SMILES string of the molecule is C=N/C(=C(\C=C/C)CC=O)C1CC1.CO. The molecule has 0 heterocycles. The maximum absolute atomic E-state index is 10.4. The van der Waals surface area contributed by atoms with Gasteiger partial charge in [-0.1, -0.05) is 12.2 Å². The predicted octanol–water partition coefficient (Wildman–Crippen LogP) is 2.12. The van der Waals surface area contributed by atoms with E-state index in [4.69, 9.17) is 5.11 Å². The first-order valence-electron chi connectivity index (χ1n) is 5.04. The second kappa shape index (κ2) is 8.12. The third kappa shape index (κ3) is 4.70. The fourth-order valence-electron chi connectivity index (χ4n) is 1.40. The lowest BCUT2D eigenvalue weighted by molar-refractivity contribution is -0.107. The van der Waals surface area contributed by atoms with Crippen LogP contribution in [0.15, 0.2) is 28.4 Å². The molecule has 0 aromatic rings. The molecule has 0 saturated heterocycles. The zero-order valence-electron chi connectivity index (χ0n) is 9.44. The van der Waals surface area contributed by atoms with Crippen molar-refractivity contribution in [3.8, 4) is 0 Å². The Morgan fingerprint density at radius 1 is 1.53 bits per heavy atom. The number of carbonyl (C=O) groups excluding carboxylic acids is 1. The van der Waals surface area contributed by atoms with Crippen LogP contribution >= 0.6 is 0 Å². The van der Waals surface area contributed by atoms with Crippen LogP contribution in [-0.4, -0.2) is 25.2 Å². The molecule has 1 rings (SSSR count). The van der Waals surface area contributed by atoms with Crippen molar-refractivity contribution in [3.63, 3.8) is 0 Å². The molecule has 0 amide bonds. The summed E-state index contributed by atoms with van der Waals surface area (Å²) in [6, 6.07) is 0. The van der Waals surface area contributed by atoms with Gasteiger partial charge in [0.2, 0.25) is 0 Å². The predicted molar refractivity (Wildman–Crippen MR) is 62.9 cm³/mol. The third-order valence-electron chi connectivity index (χ3n) is 2.13. The number of aldehydes is 1. The molecule has 15 heavy (non-hydrogen) atoms. The molecule has 3 nitrogen and oxygen atoms in total.